The zero-order valence-corrected chi connectivity index (χ0v) is 9.14. The molecule has 1 fully saturated rings. The monoisotopic (exact) mass is 239 g/mol. The first-order chi connectivity index (χ1) is 8.09. The minimum Gasteiger partial charge on any atom is -0.390 e. The second kappa shape index (κ2) is 4.81. The Hall–Kier alpha value is -1.46. The van der Waals surface area contributed by atoms with Crippen molar-refractivity contribution in [2.75, 3.05) is 0 Å². The molecular weight excluding hydrogens is 225 g/mol. The Morgan fingerprint density at radius 1 is 1.29 bits per heavy atom. The molecule has 0 spiro atoms. The highest BCUT2D eigenvalue weighted by Gasteiger charge is 2.34. The summed E-state index contributed by atoms with van der Waals surface area (Å²) in [5.41, 5.74) is -0.0545. The van der Waals surface area contributed by atoms with Crippen molar-refractivity contribution in [1.82, 2.24) is 5.32 Å². The summed E-state index contributed by atoms with van der Waals surface area (Å²) >= 11 is 0. The number of rotatable bonds is 2. The third-order valence-electron chi connectivity index (χ3n) is 3.01. The maximum Gasteiger partial charge on any atom is 0.254 e. The molecule has 5 heteroatoms. The van der Waals surface area contributed by atoms with E-state index >= 15 is 0 Å². The molecule has 92 valence electrons. The van der Waals surface area contributed by atoms with Crippen molar-refractivity contribution < 1.29 is 19.4 Å². The van der Waals surface area contributed by atoms with Gasteiger partial charge in [-0.1, -0.05) is 12.1 Å². The molecule has 0 heterocycles. The highest BCUT2D eigenvalue weighted by Crippen LogP contribution is 2.20. The highest BCUT2D eigenvalue weighted by molar-refractivity contribution is 5.94. The molecule has 1 aliphatic rings. The normalized spacial score (nSPS) is 28.1. The topological polar surface area (TPSA) is 69.6 Å². The van der Waals surface area contributed by atoms with E-state index in [0.29, 0.717) is 12.8 Å². The van der Waals surface area contributed by atoms with Crippen LogP contribution < -0.4 is 5.32 Å². The van der Waals surface area contributed by atoms with Gasteiger partial charge in [-0.05, 0) is 25.0 Å². The summed E-state index contributed by atoms with van der Waals surface area (Å²) in [6.45, 7) is 0. The third-order valence-corrected chi connectivity index (χ3v) is 3.01. The molecule has 1 saturated carbocycles. The van der Waals surface area contributed by atoms with Gasteiger partial charge in [-0.2, -0.15) is 0 Å². The summed E-state index contributed by atoms with van der Waals surface area (Å²) in [4.78, 5) is 11.7. The first-order valence-corrected chi connectivity index (χ1v) is 5.51. The van der Waals surface area contributed by atoms with E-state index in [2.05, 4.69) is 5.32 Å². The lowest BCUT2D eigenvalue weighted by atomic mass is 10.1. The molecule has 0 unspecified atom stereocenters. The summed E-state index contributed by atoms with van der Waals surface area (Å²) in [5.74, 6) is -1.17. The number of halogens is 1. The van der Waals surface area contributed by atoms with Crippen LogP contribution in [0.4, 0.5) is 4.39 Å². The molecule has 0 aromatic heterocycles. The van der Waals surface area contributed by atoms with Crippen molar-refractivity contribution in [2.45, 2.75) is 31.1 Å². The zero-order chi connectivity index (χ0) is 12.4. The minimum absolute atomic E-state index is 0.0545. The minimum atomic E-state index is -0.981. The van der Waals surface area contributed by atoms with Crippen LogP contribution in [0.3, 0.4) is 0 Å². The molecule has 1 amide bonds. The Kier molecular flexibility index (Phi) is 3.40. The molecule has 1 aromatic carbocycles. The Bertz CT molecular complexity index is 424. The maximum absolute atomic E-state index is 13.3. The average molecular weight is 239 g/mol. The second-order valence-corrected chi connectivity index (χ2v) is 4.20. The predicted octanol–water partition coefficient (Wildman–Crippen LogP) is 0.440. The zero-order valence-electron chi connectivity index (χ0n) is 9.14. The number of amides is 1. The van der Waals surface area contributed by atoms with E-state index in [9.17, 15) is 19.4 Å². The van der Waals surface area contributed by atoms with Gasteiger partial charge in [-0.25, -0.2) is 4.39 Å². The molecule has 17 heavy (non-hydrogen) atoms. The summed E-state index contributed by atoms with van der Waals surface area (Å²) in [6.07, 6.45) is -0.877. The molecule has 3 atom stereocenters. The molecule has 0 saturated heterocycles. The molecule has 4 nitrogen and oxygen atoms in total. The van der Waals surface area contributed by atoms with Gasteiger partial charge in [0.05, 0.1) is 17.7 Å². The number of hydrogen-bond acceptors (Lipinski definition) is 3. The van der Waals surface area contributed by atoms with E-state index in [1.54, 1.807) is 6.07 Å². The van der Waals surface area contributed by atoms with Crippen LogP contribution in [0, 0.1) is 5.82 Å². The Balaban J connectivity index is 2.05. The maximum atomic E-state index is 13.3. The first-order valence-electron chi connectivity index (χ1n) is 5.51. The van der Waals surface area contributed by atoms with Crippen LogP contribution in [-0.4, -0.2) is 34.4 Å². The van der Waals surface area contributed by atoms with Crippen LogP contribution in [0.5, 0.6) is 0 Å². The quantitative estimate of drug-likeness (QED) is 0.701. The number of nitrogens with one attached hydrogen (secondary N) is 1. The van der Waals surface area contributed by atoms with E-state index in [1.807, 2.05) is 0 Å². The number of aliphatic hydroxyl groups is 2. The summed E-state index contributed by atoms with van der Waals surface area (Å²) in [5, 5.41) is 21.4. The lowest BCUT2D eigenvalue weighted by Crippen LogP contribution is -2.43. The molecule has 0 bridgehead atoms. The van der Waals surface area contributed by atoms with Crippen LogP contribution in [0.15, 0.2) is 24.3 Å². The van der Waals surface area contributed by atoms with Gasteiger partial charge in [0.1, 0.15) is 11.9 Å². The Labute approximate surface area is 98.1 Å². The number of hydrogen-bond donors (Lipinski definition) is 3. The molecule has 1 aliphatic carbocycles. The van der Waals surface area contributed by atoms with E-state index in [4.69, 9.17) is 0 Å². The standard InChI is InChI=1S/C12H14FNO3/c13-8-4-2-1-3-7(8)12(17)14-9-5-6-10(15)11(9)16/h1-4,9-11,15-16H,5-6H2,(H,14,17)/t9-,10-,11-/m1/s1. The fourth-order valence-electron chi connectivity index (χ4n) is 2.01. The number of benzene rings is 1. The Morgan fingerprint density at radius 3 is 2.59 bits per heavy atom. The van der Waals surface area contributed by atoms with Gasteiger partial charge in [-0.15, -0.1) is 0 Å². The van der Waals surface area contributed by atoms with Gasteiger partial charge >= 0.3 is 0 Å². The SMILES string of the molecule is O=C(N[C@@H]1CC[C@@H](O)[C@@H]1O)c1ccccc1F. The van der Waals surface area contributed by atoms with E-state index in [0.717, 1.165) is 0 Å². The Morgan fingerprint density at radius 2 is 2.00 bits per heavy atom. The first kappa shape index (κ1) is 12.0. The van der Waals surface area contributed by atoms with Crippen molar-refractivity contribution in [3.05, 3.63) is 35.6 Å². The van der Waals surface area contributed by atoms with Crippen LogP contribution in [-0.2, 0) is 0 Å². The van der Waals surface area contributed by atoms with Gasteiger partial charge in [0.25, 0.3) is 5.91 Å². The fourth-order valence-corrected chi connectivity index (χ4v) is 2.01. The van der Waals surface area contributed by atoms with Gasteiger partial charge in [0.15, 0.2) is 0 Å². The molecular formula is C12H14FNO3. The highest BCUT2D eigenvalue weighted by atomic mass is 19.1. The summed E-state index contributed by atoms with van der Waals surface area (Å²) in [6, 6.07) is 5.13. The lowest BCUT2D eigenvalue weighted by Gasteiger charge is -2.18. The van der Waals surface area contributed by atoms with Crippen LogP contribution in [0.25, 0.3) is 0 Å². The van der Waals surface area contributed by atoms with Crippen LogP contribution >= 0.6 is 0 Å². The van der Waals surface area contributed by atoms with E-state index in [-0.39, 0.29) is 5.56 Å². The van der Waals surface area contributed by atoms with Crippen molar-refractivity contribution in [3.63, 3.8) is 0 Å². The predicted molar refractivity (Wildman–Crippen MR) is 58.9 cm³/mol. The van der Waals surface area contributed by atoms with Crippen molar-refractivity contribution in [3.8, 4) is 0 Å². The van der Waals surface area contributed by atoms with Crippen LogP contribution in [0.1, 0.15) is 23.2 Å². The third kappa shape index (κ3) is 2.45. The lowest BCUT2D eigenvalue weighted by molar-refractivity contribution is 0.0296. The molecule has 0 aliphatic heterocycles. The fraction of sp³-hybridized carbons (Fsp3) is 0.417. The average Bonchev–Trinajstić information content (AvgIpc) is 2.61. The number of aliphatic hydroxyl groups excluding tert-OH is 2. The van der Waals surface area contributed by atoms with Gasteiger partial charge in [0.2, 0.25) is 0 Å². The summed E-state index contributed by atoms with van der Waals surface area (Å²) < 4.78 is 13.3. The van der Waals surface area contributed by atoms with Gasteiger partial charge in [-0.3, -0.25) is 4.79 Å². The van der Waals surface area contributed by atoms with Crippen LogP contribution in [0.2, 0.25) is 0 Å². The molecule has 0 radical (unpaired) electrons. The van der Waals surface area contributed by atoms with Crippen molar-refractivity contribution in [2.24, 2.45) is 0 Å². The van der Waals surface area contributed by atoms with E-state index < -0.39 is 30.0 Å². The largest absolute Gasteiger partial charge is 0.390 e. The molecule has 1 aromatic rings. The van der Waals surface area contributed by atoms with Crippen molar-refractivity contribution >= 4 is 5.91 Å². The smallest absolute Gasteiger partial charge is 0.254 e. The second-order valence-electron chi connectivity index (χ2n) is 4.20. The molecule has 2 rings (SSSR count). The van der Waals surface area contributed by atoms with E-state index in [1.165, 1.54) is 18.2 Å². The molecule has 3 N–H and O–H groups in total. The number of carbonyl (C=O) groups is 1. The van der Waals surface area contributed by atoms with Gasteiger partial charge in [0, 0.05) is 0 Å². The van der Waals surface area contributed by atoms with Crippen molar-refractivity contribution in [1.29, 1.82) is 0 Å². The van der Waals surface area contributed by atoms with Gasteiger partial charge < -0.3 is 15.5 Å². The summed E-state index contributed by atoms with van der Waals surface area (Å²) in [7, 11) is 0. The number of carbonyl (C=O) groups excluding carboxylic acids is 1.